The van der Waals surface area contributed by atoms with Crippen LogP contribution in [0.4, 0.5) is 10.1 Å². The van der Waals surface area contributed by atoms with Crippen LogP contribution in [0.2, 0.25) is 0 Å². The molecule has 1 amide bonds. The third kappa shape index (κ3) is 4.70. The fraction of sp³-hybridized carbons (Fsp3) is 0.125. The van der Waals surface area contributed by atoms with Gasteiger partial charge in [-0.15, -0.1) is 0 Å². The van der Waals surface area contributed by atoms with E-state index in [4.69, 9.17) is 0 Å². The zero-order valence-electron chi connectivity index (χ0n) is 12.4. The monoisotopic (exact) mass is 317 g/mol. The van der Waals surface area contributed by atoms with E-state index in [2.05, 4.69) is 15.8 Å². The molecular formula is C16H16FN3O3. The van der Waals surface area contributed by atoms with E-state index in [0.717, 1.165) is 0 Å². The van der Waals surface area contributed by atoms with Crippen molar-refractivity contribution in [2.75, 3.05) is 11.9 Å². The molecule has 120 valence electrons. The molecule has 0 heterocycles. The van der Waals surface area contributed by atoms with Gasteiger partial charge in [0.05, 0.1) is 12.3 Å². The van der Waals surface area contributed by atoms with Crippen molar-refractivity contribution in [3.05, 3.63) is 53.8 Å². The Hall–Kier alpha value is -3.09. The Balaban J connectivity index is 1.90. The highest BCUT2D eigenvalue weighted by Crippen LogP contribution is 2.22. The minimum Gasteiger partial charge on any atom is -0.508 e. The van der Waals surface area contributed by atoms with Crippen LogP contribution in [0.5, 0.6) is 11.5 Å². The Morgan fingerprint density at radius 1 is 1.17 bits per heavy atom. The number of nitrogens with zero attached hydrogens (tertiary/aromatic N) is 1. The smallest absolute Gasteiger partial charge is 0.259 e. The van der Waals surface area contributed by atoms with Gasteiger partial charge >= 0.3 is 0 Å². The van der Waals surface area contributed by atoms with Crippen molar-refractivity contribution >= 4 is 17.3 Å². The maximum absolute atomic E-state index is 12.8. The molecule has 0 atom stereocenters. The maximum Gasteiger partial charge on any atom is 0.259 e. The minimum absolute atomic E-state index is 0.0377. The van der Waals surface area contributed by atoms with Gasteiger partial charge in [0.15, 0.2) is 0 Å². The number of phenols is 2. The molecule has 2 rings (SSSR count). The number of halogens is 1. The van der Waals surface area contributed by atoms with Gasteiger partial charge in [0.2, 0.25) is 0 Å². The zero-order valence-corrected chi connectivity index (χ0v) is 12.4. The quantitative estimate of drug-likeness (QED) is 0.502. The van der Waals surface area contributed by atoms with E-state index in [1.54, 1.807) is 6.92 Å². The first kappa shape index (κ1) is 16.3. The number of amides is 1. The second kappa shape index (κ2) is 7.26. The van der Waals surface area contributed by atoms with Crippen LogP contribution in [0.25, 0.3) is 0 Å². The van der Waals surface area contributed by atoms with Crippen LogP contribution in [0.15, 0.2) is 47.6 Å². The summed E-state index contributed by atoms with van der Waals surface area (Å²) < 4.78 is 12.8. The number of carbonyl (C=O) groups excluding carboxylic acids is 1. The SMILES string of the molecule is C/C(=N/NC(=O)CNc1ccc(F)cc1)c1ccc(O)cc1O. The second-order valence-electron chi connectivity index (χ2n) is 4.79. The average molecular weight is 317 g/mol. The van der Waals surface area contributed by atoms with Gasteiger partial charge in [0.25, 0.3) is 5.91 Å². The molecule has 0 radical (unpaired) electrons. The summed E-state index contributed by atoms with van der Waals surface area (Å²) in [6.45, 7) is 1.57. The van der Waals surface area contributed by atoms with E-state index < -0.39 is 5.91 Å². The van der Waals surface area contributed by atoms with E-state index in [-0.39, 0.29) is 23.9 Å². The van der Waals surface area contributed by atoms with Crippen molar-refractivity contribution in [1.29, 1.82) is 0 Å². The Bertz CT molecular complexity index is 730. The highest BCUT2D eigenvalue weighted by atomic mass is 19.1. The topological polar surface area (TPSA) is 94.0 Å². The van der Waals surface area contributed by atoms with E-state index >= 15 is 0 Å². The summed E-state index contributed by atoms with van der Waals surface area (Å²) in [6, 6.07) is 9.70. The van der Waals surface area contributed by atoms with Crippen molar-refractivity contribution in [2.24, 2.45) is 5.10 Å². The van der Waals surface area contributed by atoms with Gasteiger partial charge in [-0.3, -0.25) is 4.79 Å². The summed E-state index contributed by atoms with van der Waals surface area (Å²) >= 11 is 0. The van der Waals surface area contributed by atoms with Crippen LogP contribution in [-0.2, 0) is 4.79 Å². The van der Waals surface area contributed by atoms with Crippen molar-refractivity contribution < 1.29 is 19.4 Å². The lowest BCUT2D eigenvalue weighted by Crippen LogP contribution is -2.26. The molecule has 0 bridgehead atoms. The predicted molar refractivity (Wildman–Crippen MR) is 85.0 cm³/mol. The third-order valence-corrected chi connectivity index (χ3v) is 3.02. The summed E-state index contributed by atoms with van der Waals surface area (Å²) in [5.74, 6) is -0.947. The number of aromatic hydroxyl groups is 2. The van der Waals surface area contributed by atoms with Crippen LogP contribution in [0, 0.1) is 5.82 Å². The molecule has 0 aromatic heterocycles. The lowest BCUT2D eigenvalue weighted by Gasteiger charge is -2.07. The maximum atomic E-state index is 12.8. The van der Waals surface area contributed by atoms with Gasteiger partial charge in [0.1, 0.15) is 17.3 Å². The summed E-state index contributed by atoms with van der Waals surface area (Å²) in [5.41, 5.74) is 3.74. The van der Waals surface area contributed by atoms with E-state index in [0.29, 0.717) is 17.0 Å². The fourth-order valence-corrected chi connectivity index (χ4v) is 1.82. The largest absolute Gasteiger partial charge is 0.508 e. The van der Waals surface area contributed by atoms with Gasteiger partial charge in [-0.1, -0.05) is 0 Å². The summed E-state index contributed by atoms with van der Waals surface area (Å²) in [5, 5.41) is 25.6. The van der Waals surface area contributed by atoms with Crippen LogP contribution >= 0.6 is 0 Å². The first-order valence-corrected chi connectivity index (χ1v) is 6.80. The zero-order chi connectivity index (χ0) is 16.8. The van der Waals surface area contributed by atoms with Crippen LogP contribution in [-0.4, -0.2) is 28.4 Å². The Morgan fingerprint density at radius 3 is 2.52 bits per heavy atom. The molecule has 6 nitrogen and oxygen atoms in total. The molecule has 7 heteroatoms. The van der Waals surface area contributed by atoms with Crippen LogP contribution < -0.4 is 10.7 Å². The Labute approximate surface area is 132 Å². The number of hydrogen-bond acceptors (Lipinski definition) is 5. The van der Waals surface area contributed by atoms with Crippen molar-refractivity contribution in [3.63, 3.8) is 0 Å². The lowest BCUT2D eigenvalue weighted by molar-refractivity contribution is -0.119. The second-order valence-corrected chi connectivity index (χ2v) is 4.79. The Morgan fingerprint density at radius 2 is 1.87 bits per heavy atom. The molecule has 0 aliphatic heterocycles. The average Bonchev–Trinajstić information content (AvgIpc) is 2.52. The van der Waals surface area contributed by atoms with Crippen molar-refractivity contribution in [2.45, 2.75) is 6.92 Å². The summed E-state index contributed by atoms with van der Waals surface area (Å²) in [6.07, 6.45) is 0. The number of nitrogens with one attached hydrogen (secondary N) is 2. The molecular weight excluding hydrogens is 301 g/mol. The number of anilines is 1. The number of carbonyl (C=O) groups is 1. The van der Waals surface area contributed by atoms with E-state index in [1.165, 1.54) is 42.5 Å². The number of phenolic OH excluding ortho intramolecular Hbond substituents is 2. The summed E-state index contributed by atoms with van der Waals surface area (Å²) in [7, 11) is 0. The molecule has 0 saturated heterocycles. The van der Waals surface area contributed by atoms with Gasteiger partial charge in [-0.25, -0.2) is 9.82 Å². The minimum atomic E-state index is -0.396. The molecule has 23 heavy (non-hydrogen) atoms. The molecule has 0 saturated carbocycles. The first-order chi connectivity index (χ1) is 11.0. The number of hydrazone groups is 1. The van der Waals surface area contributed by atoms with Crippen molar-refractivity contribution in [3.8, 4) is 11.5 Å². The van der Waals surface area contributed by atoms with E-state index in [9.17, 15) is 19.4 Å². The standard InChI is InChI=1S/C16H16FN3O3/c1-10(14-7-6-13(21)8-15(14)22)19-20-16(23)9-18-12-4-2-11(17)3-5-12/h2-8,18,21-22H,9H2,1H3,(H,20,23)/b19-10-. The molecule has 0 spiro atoms. The highest BCUT2D eigenvalue weighted by molar-refractivity contribution is 6.01. The molecule has 0 aliphatic rings. The number of rotatable bonds is 5. The van der Waals surface area contributed by atoms with Crippen LogP contribution in [0.3, 0.4) is 0 Å². The first-order valence-electron chi connectivity index (χ1n) is 6.80. The van der Waals surface area contributed by atoms with Gasteiger partial charge in [0, 0.05) is 17.3 Å². The van der Waals surface area contributed by atoms with Crippen molar-refractivity contribution in [1.82, 2.24) is 5.43 Å². The molecule has 0 aliphatic carbocycles. The molecule has 2 aromatic rings. The van der Waals surface area contributed by atoms with Crippen LogP contribution in [0.1, 0.15) is 12.5 Å². The van der Waals surface area contributed by atoms with Gasteiger partial charge in [-0.05, 0) is 43.3 Å². The van der Waals surface area contributed by atoms with Gasteiger partial charge < -0.3 is 15.5 Å². The molecule has 0 fully saturated rings. The van der Waals surface area contributed by atoms with E-state index in [1.807, 2.05) is 0 Å². The predicted octanol–water partition coefficient (Wildman–Crippen LogP) is 2.19. The molecule has 0 unspecified atom stereocenters. The molecule has 4 N–H and O–H groups in total. The third-order valence-electron chi connectivity index (χ3n) is 3.02. The number of hydrogen-bond donors (Lipinski definition) is 4. The summed E-state index contributed by atoms with van der Waals surface area (Å²) in [4.78, 5) is 11.7. The highest BCUT2D eigenvalue weighted by Gasteiger charge is 2.06. The fourth-order valence-electron chi connectivity index (χ4n) is 1.82. The normalized spacial score (nSPS) is 11.1. The molecule has 2 aromatic carbocycles. The lowest BCUT2D eigenvalue weighted by atomic mass is 10.1. The Kier molecular flexibility index (Phi) is 5.14. The van der Waals surface area contributed by atoms with Gasteiger partial charge in [-0.2, -0.15) is 5.10 Å². The number of benzene rings is 2.